The summed E-state index contributed by atoms with van der Waals surface area (Å²) in [6, 6.07) is 4.81. The number of nitrogens with two attached hydrogens (primary N) is 1. The first-order valence-electron chi connectivity index (χ1n) is 4.78. The van der Waals surface area contributed by atoms with Crippen LogP contribution in [0.3, 0.4) is 0 Å². The molecule has 1 aliphatic rings. The molecule has 2 N–H and O–H groups in total. The van der Waals surface area contributed by atoms with Gasteiger partial charge in [0.05, 0.1) is 9.80 Å². The molecule has 0 unspecified atom stereocenters. The predicted molar refractivity (Wildman–Crippen MR) is 64.9 cm³/mol. The SMILES string of the molecule is CC(C)(N)C1=Cc2ccc(Cl)cc2S1(=O)=O. The molecule has 0 saturated carbocycles. The highest BCUT2D eigenvalue weighted by Crippen LogP contribution is 2.38. The first-order chi connectivity index (χ1) is 7.23. The summed E-state index contributed by atoms with van der Waals surface area (Å²) < 4.78 is 24.4. The summed E-state index contributed by atoms with van der Waals surface area (Å²) in [7, 11) is -3.47. The van der Waals surface area contributed by atoms with Crippen LogP contribution in [0, 0.1) is 0 Å². The van der Waals surface area contributed by atoms with E-state index in [1.54, 1.807) is 32.1 Å². The van der Waals surface area contributed by atoms with Gasteiger partial charge in [-0.1, -0.05) is 17.7 Å². The third-order valence-corrected chi connectivity index (χ3v) is 4.87. The van der Waals surface area contributed by atoms with Gasteiger partial charge in [0.2, 0.25) is 9.84 Å². The molecule has 0 aliphatic carbocycles. The lowest BCUT2D eigenvalue weighted by molar-refractivity contribution is 0.582. The maximum Gasteiger partial charge on any atom is 0.205 e. The summed E-state index contributed by atoms with van der Waals surface area (Å²) in [4.78, 5) is 0.478. The Balaban J connectivity index is 2.70. The van der Waals surface area contributed by atoms with E-state index in [4.69, 9.17) is 17.3 Å². The predicted octanol–water partition coefficient (Wildman–Crippen LogP) is 2.21. The van der Waals surface area contributed by atoms with Gasteiger partial charge >= 0.3 is 0 Å². The smallest absolute Gasteiger partial charge is 0.205 e. The molecular weight excluding hydrogens is 246 g/mol. The van der Waals surface area contributed by atoms with Crippen molar-refractivity contribution in [3.63, 3.8) is 0 Å². The zero-order valence-electron chi connectivity index (χ0n) is 8.99. The van der Waals surface area contributed by atoms with E-state index in [1.165, 1.54) is 6.07 Å². The molecule has 0 aromatic heterocycles. The van der Waals surface area contributed by atoms with E-state index in [0.717, 1.165) is 0 Å². The topological polar surface area (TPSA) is 60.2 Å². The van der Waals surface area contributed by atoms with Crippen molar-refractivity contribution in [1.29, 1.82) is 0 Å². The molecule has 1 aromatic rings. The molecule has 1 heterocycles. The molecule has 16 heavy (non-hydrogen) atoms. The highest BCUT2D eigenvalue weighted by Gasteiger charge is 2.37. The zero-order valence-corrected chi connectivity index (χ0v) is 10.6. The van der Waals surface area contributed by atoms with Gasteiger partial charge in [-0.25, -0.2) is 8.42 Å². The number of hydrogen-bond donors (Lipinski definition) is 1. The largest absolute Gasteiger partial charge is 0.321 e. The Labute approximate surface area is 99.8 Å². The normalized spacial score (nSPS) is 18.1. The molecule has 2 rings (SSSR count). The first-order valence-corrected chi connectivity index (χ1v) is 6.65. The molecule has 1 aliphatic heterocycles. The molecule has 5 heteroatoms. The number of fused-ring (bicyclic) bond motifs is 1. The van der Waals surface area contributed by atoms with Gasteiger partial charge in [0.15, 0.2) is 0 Å². The Morgan fingerprint density at radius 1 is 1.31 bits per heavy atom. The zero-order chi connectivity index (χ0) is 12.1. The van der Waals surface area contributed by atoms with Crippen molar-refractivity contribution in [2.75, 3.05) is 0 Å². The summed E-state index contributed by atoms with van der Waals surface area (Å²) in [6.07, 6.45) is 1.61. The Morgan fingerprint density at radius 2 is 1.94 bits per heavy atom. The molecule has 0 atom stereocenters. The van der Waals surface area contributed by atoms with Crippen molar-refractivity contribution in [2.24, 2.45) is 5.73 Å². The molecule has 0 fully saturated rings. The summed E-state index contributed by atoms with van der Waals surface area (Å²) in [5.41, 5.74) is 5.62. The maximum absolute atomic E-state index is 12.2. The van der Waals surface area contributed by atoms with Gasteiger partial charge < -0.3 is 5.73 Å². The van der Waals surface area contributed by atoms with Crippen LogP contribution in [0.1, 0.15) is 19.4 Å². The van der Waals surface area contributed by atoms with E-state index < -0.39 is 15.4 Å². The van der Waals surface area contributed by atoms with E-state index in [1.807, 2.05) is 0 Å². The molecule has 1 aromatic carbocycles. The number of sulfone groups is 1. The maximum atomic E-state index is 12.2. The lowest BCUT2D eigenvalue weighted by atomic mass is 10.0. The van der Waals surface area contributed by atoms with E-state index in [2.05, 4.69) is 0 Å². The lowest BCUT2D eigenvalue weighted by Crippen LogP contribution is -2.36. The van der Waals surface area contributed by atoms with Crippen LogP contribution in [0.25, 0.3) is 6.08 Å². The van der Waals surface area contributed by atoms with Crippen molar-refractivity contribution in [3.05, 3.63) is 33.7 Å². The van der Waals surface area contributed by atoms with Crippen LogP contribution in [0.15, 0.2) is 28.0 Å². The van der Waals surface area contributed by atoms with Gasteiger partial charge in [0.1, 0.15) is 0 Å². The third-order valence-electron chi connectivity index (χ3n) is 2.48. The quantitative estimate of drug-likeness (QED) is 0.839. The van der Waals surface area contributed by atoms with Crippen LogP contribution in [-0.4, -0.2) is 14.0 Å². The summed E-state index contributed by atoms with van der Waals surface area (Å²) in [5.74, 6) is 0. The average molecular weight is 258 g/mol. The molecule has 0 radical (unpaired) electrons. The third kappa shape index (κ3) is 1.67. The standard InChI is InChI=1S/C11H12ClNO2S/c1-11(2,13)10-5-7-3-4-8(12)6-9(7)16(10,14)15/h3-6H,13H2,1-2H3. The molecule has 0 spiro atoms. The Bertz CT molecular complexity index is 582. The van der Waals surface area contributed by atoms with E-state index in [0.29, 0.717) is 10.6 Å². The number of hydrogen-bond acceptors (Lipinski definition) is 3. The van der Waals surface area contributed by atoms with Gasteiger partial charge in [-0.3, -0.25) is 0 Å². The highest BCUT2D eigenvalue weighted by atomic mass is 35.5. The lowest BCUT2D eigenvalue weighted by Gasteiger charge is -2.19. The Morgan fingerprint density at radius 3 is 2.50 bits per heavy atom. The monoisotopic (exact) mass is 257 g/mol. The Hall–Kier alpha value is -0.840. The van der Waals surface area contributed by atoms with Gasteiger partial charge in [-0.2, -0.15) is 0 Å². The second-order valence-electron chi connectivity index (χ2n) is 4.42. The fourth-order valence-corrected chi connectivity index (χ4v) is 3.90. The highest BCUT2D eigenvalue weighted by molar-refractivity contribution is 7.96. The van der Waals surface area contributed by atoms with Gasteiger partial charge in [-0.05, 0) is 37.6 Å². The molecule has 3 nitrogen and oxygen atoms in total. The minimum Gasteiger partial charge on any atom is -0.321 e. The van der Waals surface area contributed by atoms with Crippen LogP contribution < -0.4 is 5.73 Å². The first kappa shape index (κ1) is 11.6. The van der Waals surface area contributed by atoms with Gasteiger partial charge in [0, 0.05) is 10.6 Å². The Kier molecular flexibility index (Phi) is 2.42. The second kappa shape index (κ2) is 3.32. The fourth-order valence-electron chi connectivity index (χ4n) is 1.73. The number of benzene rings is 1. The van der Waals surface area contributed by atoms with Crippen molar-refractivity contribution in [2.45, 2.75) is 24.3 Å². The van der Waals surface area contributed by atoms with Crippen LogP contribution in [-0.2, 0) is 9.84 Å². The molecule has 86 valence electrons. The second-order valence-corrected chi connectivity index (χ2v) is 6.74. The van der Waals surface area contributed by atoms with Crippen molar-refractivity contribution >= 4 is 27.5 Å². The minimum absolute atomic E-state index is 0.234. The average Bonchev–Trinajstić information content (AvgIpc) is 2.38. The van der Waals surface area contributed by atoms with E-state index in [9.17, 15) is 8.42 Å². The summed E-state index contributed by atoms with van der Waals surface area (Å²) in [5, 5.41) is 0.409. The van der Waals surface area contributed by atoms with Crippen molar-refractivity contribution < 1.29 is 8.42 Å². The fraction of sp³-hybridized carbons (Fsp3) is 0.273. The number of rotatable bonds is 1. The summed E-state index contributed by atoms with van der Waals surface area (Å²) >= 11 is 5.79. The van der Waals surface area contributed by atoms with Gasteiger partial charge in [-0.15, -0.1) is 0 Å². The van der Waals surface area contributed by atoms with Crippen LogP contribution in [0.4, 0.5) is 0 Å². The molecule has 0 amide bonds. The van der Waals surface area contributed by atoms with Crippen LogP contribution in [0.2, 0.25) is 5.02 Å². The van der Waals surface area contributed by atoms with Crippen LogP contribution in [0.5, 0.6) is 0 Å². The van der Waals surface area contributed by atoms with Crippen molar-refractivity contribution in [1.82, 2.24) is 0 Å². The molecule has 0 saturated heterocycles. The van der Waals surface area contributed by atoms with Gasteiger partial charge in [0.25, 0.3) is 0 Å². The summed E-state index contributed by atoms with van der Waals surface area (Å²) in [6.45, 7) is 3.34. The van der Waals surface area contributed by atoms with Crippen LogP contribution >= 0.6 is 11.6 Å². The number of halogens is 1. The minimum atomic E-state index is -3.47. The van der Waals surface area contributed by atoms with Crippen molar-refractivity contribution in [3.8, 4) is 0 Å². The van der Waals surface area contributed by atoms with E-state index in [-0.39, 0.29) is 9.80 Å². The molecular formula is C11H12ClNO2S. The van der Waals surface area contributed by atoms with E-state index >= 15 is 0 Å². The molecule has 0 bridgehead atoms.